The fourth-order valence-corrected chi connectivity index (χ4v) is 3.50. The summed E-state index contributed by atoms with van der Waals surface area (Å²) in [6, 6.07) is 8.26. The second-order valence-electron chi connectivity index (χ2n) is 7.10. The van der Waals surface area contributed by atoms with E-state index in [-0.39, 0.29) is 24.1 Å². The van der Waals surface area contributed by atoms with Gasteiger partial charge in [-0.1, -0.05) is 6.07 Å². The van der Waals surface area contributed by atoms with Gasteiger partial charge in [0.2, 0.25) is 11.8 Å². The fourth-order valence-electron chi connectivity index (χ4n) is 3.50. The third-order valence-electron chi connectivity index (χ3n) is 5.06. The first-order valence-corrected chi connectivity index (χ1v) is 9.29. The molecule has 1 aromatic heterocycles. The molecule has 1 aliphatic rings. The van der Waals surface area contributed by atoms with Crippen LogP contribution in [0.25, 0.3) is 0 Å². The summed E-state index contributed by atoms with van der Waals surface area (Å²) < 4.78 is 19.5. The SMILES string of the molecule is COc1ccc(F)c(C[C@]2(CCC(=O)NCc3cccnc3)CCC(=O)N2)c1. The maximum absolute atomic E-state index is 14.3. The van der Waals surface area contributed by atoms with Crippen LogP contribution in [0.15, 0.2) is 42.7 Å². The van der Waals surface area contributed by atoms with Crippen molar-refractivity contribution in [3.05, 3.63) is 59.7 Å². The third-order valence-corrected chi connectivity index (χ3v) is 5.06. The Kier molecular flexibility index (Phi) is 6.23. The van der Waals surface area contributed by atoms with Crippen LogP contribution in [0, 0.1) is 5.82 Å². The minimum Gasteiger partial charge on any atom is -0.497 e. The van der Waals surface area contributed by atoms with Gasteiger partial charge in [-0.15, -0.1) is 0 Å². The lowest BCUT2D eigenvalue weighted by Crippen LogP contribution is -2.44. The minimum absolute atomic E-state index is 0.0703. The van der Waals surface area contributed by atoms with Gasteiger partial charge < -0.3 is 15.4 Å². The van der Waals surface area contributed by atoms with Crippen LogP contribution in [-0.4, -0.2) is 29.4 Å². The van der Waals surface area contributed by atoms with E-state index in [9.17, 15) is 14.0 Å². The number of nitrogens with one attached hydrogen (secondary N) is 2. The molecule has 2 aromatic rings. The number of hydrogen-bond donors (Lipinski definition) is 2. The highest BCUT2D eigenvalue weighted by molar-refractivity contribution is 5.80. The number of hydrogen-bond acceptors (Lipinski definition) is 4. The molecule has 1 aromatic carbocycles. The average Bonchev–Trinajstić information content (AvgIpc) is 3.08. The molecule has 7 heteroatoms. The number of carbonyl (C=O) groups excluding carboxylic acids is 2. The first-order valence-electron chi connectivity index (χ1n) is 9.29. The van der Waals surface area contributed by atoms with Crippen molar-refractivity contribution in [3.8, 4) is 5.75 Å². The number of rotatable bonds is 8. The van der Waals surface area contributed by atoms with Crippen molar-refractivity contribution < 1.29 is 18.7 Å². The van der Waals surface area contributed by atoms with Gasteiger partial charge in [0.25, 0.3) is 0 Å². The van der Waals surface area contributed by atoms with Crippen LogP contribution in [0.4, 0.5) is 4.39 Å². The van der Waals surface area contributed by atoms with Crippen LogP contribution in [-0.2, 0) is 22.6 Å². The van der Waals surface area contributed by atoms with Crippen LogP contribution in [0.5, 0.6) is 5.75 Å². The normalized spacial score (nSPS) is 18.6. The highest BCUT2D eigenvalue weighted by Gasteiger charge is 2.38. The van der Waals surface area contributed by atoms with Crippen LogP contribution < -0.4 is 15.4 Å². The molecular formula is C21H24FN3O3. The van der Waals surface area contributed by atoms with E-state index in [4.69, 9.17) is 4.74 Å². The summed E-state index contributed by atoms with van der Waals surface area (Å²) in [6.07, 6.45) is 5.32. The molecule has 2 amide bonds. The van der Waals surface area contributed by atoms with E-state index in [0.29, 0.717) is 43.5 Å². The van der Waals surface area contributed by atoms with Crippen LogP contribution in [0.1, 0.15) is 36.8 Å². The smallest absolute Gasteiger partial charge is 0.220 e. The first kappa shape index (κ1) is 19.8. The van der Waals surface area contributed by atoms with Gasteiger partial charge in [-0.25, -0.2) is 4.39 Å². The van der Waals surface area contributed by atoms with E-state index in [0.717, 1.165) is 5.56 Å². The number of ether oxygens (including phenoxy) is 1. The molecule has 6 nitrogen and oxygen atoms in total. The highest BCUT2D eigenvalue weighted by Crippen LogP contribution is 2.31. The van der Waals surface area contributed by atoms with E-state index in [1.165, 1.54) is 13.2 Å². The molecule has 0 bridgehead atoms. The quantitative estimate of drug-likeness (QED) is 0.732. The molecule has 2 heterocycles. The molecule has 0 unspecified atom stereocenters. The Morgan fingerprint density at radius 2 is 2.25 bits per heavy atom. The summed E-state index contributed by atoms with van der Waals surface area (Å²) in [5.41, 5.74) is 0.756. The lowest BCUT2D eigenvalue weighted by Gasteiger charge is -2.29. The summed E-state index contributed by atoms with van der Waals surface area (Å²) in [5, 5.41) is 5.83. The van der Waals surface area contributed by atoms with Gasteiger partial charge in [0, 0.05) is 37.3 Å². The van der Waals surface area contributed by atoms with Gasteiger partial charge in [0.15, 0.2) is 0 Å². The predicted octanol–water partition coefficient (Wildman–Crippen LogP) is 2.52. The van der Waals surface area contributed by atoms with Crippen molar-refractivity contribution in [1.29, 1.82) is 0 Å². The monoisotopic (exact) mass is 385 g/mol. The van der Waals surface area contributed by atoms with Crippen LogP contribution in [0.3, 0.4) is 0 Å². The lowest BCUT2D eigenvalue weighted by atomic mass is 9.84. The van der Waals surface area contributed by atoms with Crippen molar-refractivity contribution >= 4 is 11.8 Å². The standard InChI is InChI=1S/C21H24FN3O3/c1-28-17-4-5-18(22)16(11-17)12-21(9-7-20(27)25-21)8-6-19(26)24-14-15-3-2-10-23-13-15/h2-5,10-11,13H,6-9,12,14H2,1H3,(H,24,26)(H,25,27)/t21-/m0/s1. The van der Waals surface area contributed by atoms with Crippen molar-refractivity contribution in [2.24, 2.45) is 0 Å². The molecule has 1 atom stereocenters. The Bertz CT molecular complexity index is 844. The second kappa shape index (κ2) is 8.82. The molecule has 2 N–H and O–H groups in total. The van der Waals surface area contributed by atoms with Gasteiger partial charge in [0.1, 0.15) is 11.6 Å². The Labute approximate surface area is 163 Å². The first-order chi connectivity index (χ1) is 13.5. The van der Waals surface area contributed by atoms with Gasteiger partial charge in [-0.05, 0) is 54.7 Å². The topological polar surface area (TPSA) is 80.3 Å². The summed E-state index contributed by atoms with van der Waals surface area (Å²) in [7, 11) is 1.52. The molecule has 1 fully saturated rings. The number of carbonyl (C=O) groups is 2. The molecule has 3 rings (SSSR count). The summed E-state index contributed by atoms with van der Waals surface area (Å²) in [4.78, 5) is 28.2. The highest BCUT2D eigenvalue weighted by atomic mass is 19.1. The number of nitrogens with zero attached hydrogens (tertiary/aromatic N) is 1. The fraction of sp³-hybridized carbons (Fsp3) is 0.381. The van der Waals surface area contributed by atoms with E-state index in [2.05, 4.69) is 15.6 Å². The number of methoxy groups -OCH3 is 1. The Balaban J connectivity index is 1.63. The third kappa shape index (κ3) is 5.06. The molecule has 0 spiro atoms. The van der Waals surface area contributed by atoms with Crippen molar-refractivity contribution in [2.75, 3.05) is 7.11 Å². The van der Waals surface area contributed by atoms with Crippen LogP contribution in [0.2, 0.25) is 0 Å². The van der Waals surface area contributed by atoms with Crippen molar-refractivity contribution in [1.82, 2.24) is 15.6 Å². The Morgan fingerprint density at radius 3 is 2.93 bits per heavy atom. The summed E-state index contributed by atoms with van der Waals surface area (Å²) >= 11 is 0. The zero-order valence-corrected chi connectivity index (χ0v) is 15.8. The van der Waals surface area contributed by atoms with E-state index >= 15 is 0 Å². The predicted molar refractivity (Wildman–Crippen MR) is 102 cm³/mol. The lowest BCUT2D eigenvalue weighted by molar-refractivity contribution is -0.122. The maximum atomic E-state index is 14.3. The zero-order valence-electron chi connectivity index (χ0n) is 15.8. The Morgan fingerprint density at radius 1 is 1.39 bits per heavy atom. The van der Waals surface area contributed by atoms with Crippen molar-refractivity contribution in [2.45, 2.75) is 44.2 Å². The van der Waals surface area contributed by atoms with Crippen LogP contribution >= 0.6 is 0 Å². The van der Waals surface area contributed by atoms with Gasteiger partial charge >= 0.3 is 0 Å². The zero-order chi connectivity index (χ0) is 20.0. The van der Waals surface area contributed by atoms with E-state index in [1.807, 2.05) is 12.1 Å². The number of halogens is 1. The number of amides is 2. The molecular weight excluding hydrogens is 361 g/mol. The largest absolute Gasteiger partial charge is 0.497 e. The van der Waals surface area contributed by atoms with Gasteiger partial charge in [-0.2, -0.15) is 0 Å². The van der Waals surface area contributed by atoms with Gasteiger partial charge in [-0.3, -0.25) is 14.6 Å². The summed E-state index contributed by atoms with van der Waals surface area (Å²) in [6.45, 7) is 0.399. The number of benzene rings is 1. The minimum atomic E-state index is -0.629. The van der Waals surface area contributed by atoms with E-state index < -0.39 is 5.54 Å². The average molecular weight is 385 g/mol. The van der Waals surface area contributed by atoms with E-state index in [1.54, 1.807) is 24.5 Å². The van der Waals surface area contributed by atoms with Crippen molar-refractivity contribution in [3.63, 3.8) is 0 Å². The molecule has 0 radical (unpaired) electrons. The van der Waals surface area contributed by atoms with Gasteiger partial charge in [0.05, 0.1) is 7.11 Å². The summed E-state index contributed by atoms with van der Waals surface area (Å²) in [5.74, 6) is 0.0296. The Hall–Kier alpha value is -2.96. The molecule has 1 aliphatic heterocycles. The second-order valence-corrected chi connectivity index (χ2v) is 7.10. The molecule has 0 saturated carbocycles. The molecule has 28 heavy (non-hydrogen) atoms. The number of pyridine rings is 1. The molecule has 0 aliphatic carbocycles. The molecule has 148 valence electrons. The maximum Gasteiger partial charge on any atom is 0.220 e. The number of aromatic nitrogens is 1. The molecule has 1 saturated heterocycles.